The molecule has 0 spiro atoms. The van der Waals surface area contributed by atoms with Gasteiger partial charge in [-0.05, 0) is 220 Å². The lowest BCUT2D eigenvalue weighted by molar-refractivity contribution is 0.0592. The van der Waals surface area contributed by atoms with Gasteiger partial charge in [-0.3, -0.25) is 19.2 Å². The number of rotatable bonds is 32. The van der Waals surface area contributed by atoms with E-state index >= 15 is 0 Å². The van der Waals surface area contributed by atoms with Crippen LogP contribution < -0.4 is 51.2 Å². The maximum absolute atomic E-state index is 13.9. The Morgan fingerprint density at radius 2 is 0.727 bits per heavy atom. The molecular weight excluding hydrogens is 1710 g/mol. The van der Waals surface area contributed by atoms with E-state index in [4.69, 9.17) is 61.3 Å². The SMILES string of the molecule is CCc1c(N(CC)C2CCOCC2)cc2oc(C=O)cc2c1C(=O)OC.CCc1c(N(CC)C2CCOCC2)cc2oc(CN(C)C)cc2c1C(=O)NCc1c(OC)cc(C)[nH]c1=O.CCc1c(N(CC)C2CCOCC2)cc2oc(CN(C)C)cc2c1C(=O)O.CCc1c(N(CC)C2CCOCC2)cc2oc(CN(C)C)cc2c1C(=O)OC.COc1cc(C)[nH]c(=O)c1CN.Cl. The van der Waals surface area contributed by atoms with Crippen LogP contribution in [0.2, 0.25) is 0 Å². The Kier molecular flexibility index (Phi) is 39.6. The van der Waals surface area contributed by atoms with Crippen molar-refractivity contribution in [3.8, 4) is 11.5 Å². The molecule has 31 nitrogen and oxygen atoms in total. The quantitative estimate of drug-likeness (QED) is 0.0193. The average Bonchev–Trinajstić information content (AvgIpc) is 1.58. The Morgan fingerprint density at radius 3 is 1.02 bits per heavy atom. The molecule has 10 heterocycles. The van der Waals surface area contributed by atoms with Gasteiger partial charge in [0.15, 0.2) is 12.0 Å². The van der Waals surface area contributed by atoms with Crippen molar-refractivity contribution in [3.05, 3.63) is 171 Å². The van der Waals surface area contributed by atoms with Crippen molar-refractivity contribution in [1.82, 2.24) is 30.0 Å². The number of aromatic nitrogens is 2. The number of esters is 2. The van der Waals surface area contributed by atoms with Gasteiger partial charge in [-0.1, -0.05) is 27.7 Å². The van der Waals surface area contributed by atoms with E-state index in [-0.39, 0.29) is 54.3 Å². The summed E-state index contributed by atoms with van der Waals surface area (Å²) in [5, 5.41) is 15.9. The summed E-state index contributed by atoms with van der Waals surface area (Å²) in [6.45, 7) is 31.9. The van der Waals surface area contributed by atoms with Crippen LogP contribution in [0.15, 0.2) is 87.9 Å². The minimum absolute atomic E-state index is 0. The Bertz CT molecular complexity index is 5640. The van der Waals surface area contributed by atoms with E-state index in [9.17, 15) is 38.7 Å². The molecule has 0 saturated carbocycles. The number of anilines is 4. The Balaban J connectivity index is 0.000000191. The zero-order valence-corrected chi connectivity index (χ0v) is 81.8. The van der Waals surface area contributed by atoms with E-state index in [1.54, 1.807) is 32.0 Å². The van der Waals surface area contributed by atoms with Crippen molar-refractivity contribution in [2.45, 2.75) is 203 Å². The normalized spacial score (nSPS) is 14.5. The number of carbonyl (C=O) groups excluding carboxylic acids is 4. The third-order valence-electron chi connectivity index (χ3n) is 24.6. The van der Waals surface area contributed by atoms with Crippen molar-refractivity contribution in [1.29, 1.82) is 0 Å². The highest BCUT2D eigenvalue weighted by Gasteiger charge is 2.35. The number of benzene rings is 4. The van der Waals surface area contributed by atoms with Gasteiger partial charge in [-0.2, -0.15) is 0 Å². The summed E-state index contributed by atoms with van der Waals surface area (Å²) in [7, 11) is 17.8. The van der Waals surface area contributed by atoms with Gasteiger partial charge < -0.3 is 116 Å². The fourth-order valence-electron chi connectivity index (χ4n) is 18.7. The molecule has 10 aromatic rings. The number of H-pyrrole nitrogens is 2. The van der Waals surface area contributed by atoms with Crippen LogP contribution in [0.1, 0.15) is 221 Å². The number of fused-ring (bicyclic) bond motifs is 4. The molecule has 0 radical (unpaired) electrons. The summed E-state index contributed by atoms with van der Waals surface area (Å²) in [6.07, 6.45) is 11.1. The van der Waals surface area contributed by atoms with Crippen LogP contribution in [-0.2, 0) is 86.8 Å². The zero-order valence-electron chi connectivity index (χ0n) is 81.0. The van der Waals surface area contributed by atoms with E-state index in [2.05, 4.69) is 93.5 Å². The number of carbonyl (C=O) groups is 5. The lowest BCUT2D eigenvalue weighted by atomic mass is 9.95. The zero-order chi connectivity index (χ0) is 95.0. The Morgan fingerprint density at radius 1 is 0.432 bits per heavy atom. The third kappa shape index (κ3) is 25.0. The summed E-state index contributed by atoms with van der Waals surface area (Å²) < 4.78 is 66.9. The minimum Gasteiger partial charge on any atom is -0.496 e. The smallest absolute Gasteiger partial charge is 0.338 e. The number of aromatic carboxylic acids is 1. The van der Waals surface area contributed by atoms with E-state index < -0.39 is 11.9 Å². The second-order valence-corrected chi connectivity index (χ2v) is 34.0. The first-order valence-corrected chi connectivity index (χ1v) is 46.1. The molecule has 0 bridgehead atoms. The van der Waals surface area contributed by atoms with Crippen LogP contribution in [0, 0.1) is 13.8 Å². The summed E-state index contributed by atoms with van der Waals surface area (Å²) in [5.41, 5.74) is 19.9. The molecule has 4 saturated heterocycles. The molecule has 32 heteroatoms. The number of ether oxygens (including phenoxy) is 8. The second kappa shape index (κ2) is 49.8. The first kappa shape index (κ1) is 105. The third-order valence-corrected chi connectivity index (χ3v) is 24.6. The molecule has 6 aromatic heterocycles. The van der Waals surface area contributed by atoms with Crippen molar-refractivity contribution in [3.63, 3.8) is 0 Å². The lowest BCUT2D eigenvalue weighted by Crippen LogP contribution is -2.40. The van der Waals surface area contributed by atoms with Gasteiger partial charge in [0.05, 0.1) is 88.0 Å². The van der Waals surface area contributed by atoms with Gasteiger partial charge in [0.25, 0.3) is 17.0 Å². The van der Waals surface area contributed by atoms with Crippen LogP contribution in [-0.4, -0.2) is 234 Å². The maximum Gasteiger partial charge on any atom is 0.338 e. The van der Waals surface area contributed by atoms with Crippen molar-refractivity contribution in [2.24, 2.45) is 5.73 Å². The monoisotopic (exact) mass is 1850 g/mol. The number of carboxylic acids is 1. The van der Waals surface area contributed by atoms with Gasteiger partial charge in [0.2, 0.25) is 0 Å². The number of pyridine rings is 2. The Labute approximate surface area is 780 Å². The summed E-state index contributed by atoms with van der Waals surface area (Å²) in [5.74, 6) is 1.80. The number of nitrogens with one attached hydrogen (secondary N) is 3. The van der Waals surface area contributed by atoms with Crippen LogP contribution in [0.4, 0.5) is 22.7 Å². The Hall–Kier alpha value is -10.7. The van der Waals surface area contributed by atoms with Gasteiger partial charge in [-0.15, -0.1) is 12.4 Å². The summed E-state index contributed by atoms with van der Waals surface area (Å²) in [6, 6.07) is 20.6. The van der Waals surface area contributed by atoms with Gasteiger partial charge in [-0.25, -0.2) is 14.4 Å². The molecule has 0 unspecified atom stereocenters. The topological polar surface area (TPSA) is 358 Å². The average molecular weight is 1850 g/mol. The first-order valence-electron chi connectivity index (χ1n) is 46.1. The van der Waals surface area contributed by atoms with Crippen LogP contribution >= 0.6 is 12.4 Å². The first-order chi connectivity index (χ1) is 63.0. The van der Waals surface area contributed by atoms with Gasteiger partial charge >= 0.3 is 17.9 Å². The number of aromatic amines is 2. The molecule has 4 aliphatic heterocycles. The highest BCUT2D eigenvalue weighted by molar-refractivity contribution is 6.11. The second-order valence-electron chi connectivity index (χ2n) is 34.0. The van der Waals surface area contributed by atoms with Gasteiger partial charge in [0, 0.05) is 190 Å². The van der Waals surface area contributed by atoms with Crippen LogP contribution in [0.3, 0.4) is 0 Å². The molecule has 132 heavy (non-hydrogen) atoms. The number of aryl methyl sites for hydroxylation is 2. The molecular formula is C100H140ClN11O20. The predicted octanol–water partition coefficient (Wildman–Crippen LogP) is 15.8. The molecule has 4 aromatic carbocycles. The van der Waals surface area contributed by atoms with Gasteiger partial charge in [0.1, 0.15) is 51.1 Å². The molecule has 0 atom stereocenters. The van der Waals surface area contributed by atoms with Crippen molar-refractivity contribution in [2.75, 3.05) is 169 Å². The van der Waals surface area contributed by atoms with Crippen molar-refractivity contribution >= 4 is 109 Å². The number of halogens is 1. The molecule has 6 N–H and O–H groups in total. The highest BCUT2D eigenvalue weighted by atomic mass is 35.5. The summed E-state index contributed by atoms with van der Waals surface area (Å²) in [4.78, 5) is 107. The van der Waals surface area contributed by atoms with E-state index in [1.807, 2.05) is 96.3 Å². The molecule has 4 fully saturated rings. The number of hydrogen-bond donors (Lipinski definition) is 5. The van der Waals surface area contributed by atoms with Crippen molar-refractivity contribution < 1.29 is 84.6 Å². The number of hydrogen-bond acceptors (Lipinski definition) is 27. The number of amides is 1. The maximum atomic E-state index is 13.9. The van der Waals surface area contributed by atoms with Crippen LogP contribution in [0.5, 0.6) is 11.5 Å². The fourth-order valence-corrected chi connectivity index (χ4v) is 18.7. The molecule has 4 aliphatic rings. The predicted molar refractivity (Wildman–Crippen MR) is 520 cm³/mol. The van der Waals surface area contributed by atoms with E-state index in [1.165, 1.54) is 28.4 Å². The number of aldehydes is 1. The van der Waals surface area contributed by atoms with E-state index in [0.717, 1.165) is 221 Å². The highest BCUT2D eigenvalue weighted by Crippen LogP contribution is 2.43. The number of nitrogens with two attached hydrogens (primary N) is 1. The molecule has 722 valence electrons. The number of nitrogens with zero attached hydrogens (tertiary/aromatic N) is 7. The fraction of sp³-hybridized carbons (Fsp3) is 0.530. The summed E-state index contributed by atoms with van der Waals surface area (Å²) >= 11 is 0. The standard InChI is InChI=1S/C29H40N4O5.C22H32N2O4.C21H30N2O4.C20H25NO5.C8H12N2O2.ClH/c1-7-21-24(33(8-2)19-9-11-37-12-10-19)15-26-22(14-20(38-26)17-32(4)5)27(21)29(35)30-16-23-25(36-6)13-18(3)31-28(23)34;1-6-17-19(24(7-2)15-8-10-27-11-9-15)13-20-18(21(17)22(25)26-5)12-16(28-20)14-23(3)4;1-5-16-18(23(6-2)14-7-9-26-10-8-14)12-19-17(20(16)21(24)25)11-15(27-19)13-22(3)4;1-4-15-17(21(5-2)13-6-8-25-9-7-13)11-18-16(10-14(12-22)26-18)19(15)20(23)24-3;1-5-3-7(12-2)6(4-9)8(11)10-5;/h13-15,19H,7-12,16-17H2,1-6H3,(H,30,35)(H,31,34);12-13,15H,6-11,14H2,1-5H3;11-12,14H,5-10,13H2,1-4H3,(H,24,25);10-13H,4-9H2,1-3H3;3H,4,9H2,1-2H3,(H,10,11);1H. The molecule has 14 rings (SSSR count). The lowest BCUT2D eigenvalue weighted by Gasteiger charge is -2.37. The molecule has 0 aliphatic carbocycles. The largest absolute Gasteiger partial charge is 0.496 e. The minimum atomic E-state index is -0.890. The number of carboxylic acid groups (broad SMARTS) is 1. The van der Waals surface area contributed by atoms with Crippen LogP contribution in [0.25, 0.3) is 43.9 Å². The molecule has 1 amide bonds. The van der Waals surface area contributed by atoms with E-state index in [0.29, 0.717) is 147 Å². The number of furan rings is 4. The number of methoxy groups -OCH3 is 4.